The van der Waals surface area contributed by atoms with Crippen molar-refractivity contribution >= 4 is 11.9 Å². The third kappa shape index (κ3) is 2.97. The van der Waals surface area contributed by atoms with Gasteiger partial charge in [0.05, 0.1) is 5.41 Å². The van der Waals surface area contributed by atoms with Gasteiger partial charge >= 0.3 is 5.97 Å². The summed E-state index contributed by atoms with van der Waals surface area (Å²) in [5.41, 5.74) is 5.32. The molecule has 4 N–H and O–H groups in total. The Kier molecular flexibility index (Phi) is 4.51. The lowest BCUT2D eigenvalue weighted by Crippen LogP contribution is -2.52. The standard InChI is InChI=1S/C12H22N2O3/c1-3-5-8(10(15)16)14-11(17)12(2)7-4-6-9(12)13/h8-9H,3-7,13H2,1-2H3,(H,14,17)(H,15,16). The Bertz CT molecular complexity index is 306. The molecule has 1 saturated carbocycles. The minimum absolute atomic E-state index is 0.168. The Morgan fingerprint density at radius 2 is 2.24 bits per heavy atom. The number of nitrogens with one attached hydrogen (secondary N) is 1. The summed E-state index contributed by atoms with van der Waals surface area (Å²) in [6.07, 6.45) is 3.66. The molecule has 1 aliphatic rings. The van der Waals surface area contributed by atoms with Gasteiger partial charge in [0.2, 0.25) is 5.91 Å². The van der Waals surface area contributed by atoms with Gasteiger partial charge in [0.15, 0.2) is 0 Å². The zero-order chi connectivity index (χ0) is 13.1. The molecule has 3 atom stereocenters. The van der Waals surface area contributed by atoms with Crippen LogP contribution in [-0.4, -0.2) is 29.1 Å². The second-order valence-corrected chi connectivity index (χ2v) is 5.07. The highest BCUT2D eigenvalue weighted by molar-refractivity contribution is 5.88. The predicted molar refractivity (Wildman–Crippen MR) is 64.4 cm³/mol. The molecule has 0 saturated heterocycles. The van der Waals surface area contributed by atoms with E-state index in [1.165, 1.54) is 0 Å². The van der Waals surface area contributed by atoms with Crippen molar-refractivity contribution in [3.05, 3.63) is 0 Å². The van der Waals surface area contributed by atoms with Crippen molar-refractivity contribution in [3.8, 4) is 0 Å². The first-order chi connectivity index (χ1) is 7.91. The first-order valence-corrected chi connectivity index (χ1v) is 6.21. The Morgan fingerprint density at radius 3 is 2.65 bits per heavy atom. The van der Waals surface area contributed by atoms with Crippen LogP contribution < -0.4 is 11.1 Å². The van der Waals surface area contributed by atoms with Crippen molar-refractivity contribution in [1.82, 2.24) is 5.32 Å². The first-order valence-electron chi connectivity index (χ1n) is 6.21. The molecule has 0 spiro atoms. The van der Waals surface area contributed by atoms with Crippen LogP contribution in [0.5, 0.6) is 0 Å². The molecule has 98 valence electrons. The number of amides is 1. The van der Waals surface area contributed by atoms with E-state index in [1.54, 1.807) is 0 Å². The Hall–Kier alpha value is -1.10. The van der Waals surface area contributed by atoms with Gasteiger partial charge in [0.1, 0.15) is 6.04 Å². The Balaban J connectivity index is 2.66. The predicted octanol–water partition coefficient (Wildman–Crippen LogP) is 0.873. The number of nitrogens with two attached hydrogens (primary N) is 1. The lowest BCUT2D eigenvalue weighted by Gasteiger charge is -2.29. The molecule has 0 aliphatic heterocycles. The van der Waals surface area contributed by atoms with Gasteiger partial charge in [-0.1, -0.05) is 19.8 Å². The fraction of sp³-hybridized carbons (Fsp3) is 0.833. The van der Waals surface area contributed by atoms with Crippen LogP contribution in [0.15, 0.2) is 0 Å². The highest BCUT2D eigenvalue weighted by Crippen LogP contribution is 2.36. The van der Waals surface area contributed by atoms with E-state index in [4.69, 9.17) is 10.8 Å². The summed E-state index contributed by atoms with van der Waals surface area (Å²) in [6, 6.07) is -0.962. The Labute approximate surface area is 102 Å². The maximum Gasteiger partial charge on any atom is 0.326 e. The number of carboxylic acids is 1. The van der Waals surface area contributed by atoms with E-state index in [-0.39, 0.29) is 11.9 Å². The molecule has 0 aromatic heterocycles. The van der Waals surface area contributed by atoms with Crippen molar-refractivity contribution < 1.29 is 14.7 Å². The number of carbonyl (C=O) groups is 2. The lowest BCUT2D eigenvalue weighted by atomic mass is 9.84. The van der Waals surface area contributed by atoms with Crippen molar-refractivity contribution in [1.29, 1.82) is 0 Å². The van der Waals surface area contributed by atoms with E-state index in [9.17, 15) is 9.59 Å². The van der Waals surface area contributed by atoms with E-state index in [0.29, 0.717) is 6.42 Å². The smallest absolute Gasteiger partial charge is 0.326 e. The summed E-state index contributed by atoms with van der Waals surface area (Å²) in [4.78, 5) is 23.1. The van der Waals surface area contributed by atoms with Crippen LogP contribution in [0.4, 0.5) is 0 Å². The molecule has 0 heterocycles. The second kappa shape index (κ2) is 5.49. The van der Waals surface area contributed by atoms with Gasteiger partial charge < -0.3 is 16.2 Å². The van der Waals surface area contributed by atoms with Crippen molar-refractivity contribution in [2.75, 3.05) is 0 Å². The van der Waals surface area contributed by atoms with Crippen molar-refractivity contribution in [3.63, 3.8) is 0 Å². The second-order valence-electron chi connectivity index (χ2n) is 5.07. The molecule has 1 aliphatic carbocycles. The van der Waals surface area contributed by atoms with Crippen molar-refractivity contribution in [2.24, 2.45) is 11.1 Å². The van der Waals surface area contributed by atoms with Gasteiger partial charge in [-0.3, -0.25) is 4.79 Å². The minimum atomic E-state index is -0.977. The fourth-order valence-electron chi connectivity index (χ4n) is 2.34. The maximum absolute atomic E-state index is 12.1. The first kappa shape index (κ1) is 14.0. The van der Waals surface area contributed by atoms with E-state index in [1.807, 2.05) is 13.8 Å². The largest absolute Gasteiger partial charge is 0.480 e. The van der Waals surface area contributed by atoms with Gasteiger partial charge in [-0.2, -0.15) is 0 Å². The van der Waals surface area contributed by atoms with Gasteiger partial charge in [-0.25, -0.2) is 4.79 Å². The molecule has 1 fully saturated rings. The molecule has 0 aromatic carbocycles. The SMILES string of the molecule is CCCC(NC(=O)C1(C)CCCC1N)C(=O)O. The molecule has 5 nitrogen and oxygen atoms in total. The number of hydrogen-bond acceptors (Lipinski definition) is 3. The average Bonchev–Trinajstić information content (AvgIpc) is 2.59. The highest BCUT2D eigenvalue weighted by atomic mass is 16.4. The molecule has 5 heteroatoms. The minimum Gasteiger partial charge on any atom is -0.480 e. The molecule has 17 heavy (non-hydrogen) atoms. The van der Waals surface area contributed by atoms with Gasteiger partial charge in [-0.15, -0.1) is 0 Å². The van der Waals surface area contributed by atoms with Gasteiger partial charge in [0.25, 0.3) is 0 Å². The summed E-state index contributed by atoms with van der Waals surface area (Å²) >= 11 is 0. The van der Waals surface area contributed by atoms with Gasteiger partial charge in [-0.05, 0) is 26.2 Å². The summed E-state index contributed by atoms with van der Waals surface area (Å²) in [5, 5.41) is 11.6. The maximum atomic E-state index is 12.1. The van der Waals surface area contributed by atoms with E-state index >= 15 is 0 Å². The molecular formula is C12H22N2O3. The third-order valence-electron chi connectivity index (χ3n) is 3.73. The topological polar surface area (TPSA) is 92.4 Å². The van der Waals surface area contributed by atoms with E-state index in [0.717, 1.165) is 25.7 Å². The normalized spacial score (nSPS) is 29.9. The van der Waals surface area contributed by atoms with Crippen LogP contribution in [-0.2, 0) is 9.59 Å². The van der Waals surface area contributed by atoms with E-state index in [2.05, 4.69) is 5.32 Å². The zero-order valence-electron chi connectivity index (χ0n) is 10.5. The number of hydrogen-bond donors (Lipinski definition) is 3. The number of rotatable bonds is 5. The third-order valence-corrected chi connectivity index (χ3v) is 3.73. The Morgan fingerprint density at radius 1 is 1.59 bits per heavy atom. The van der Waals surface area contributed by atoms with Crippen LogP contribution in [0.3, 0.4) is 0 Å². The summed E-state index contributed by atoms with van der Waals surface area (Å²) in [6.45, 7) is 3.72. The lowest BCUT2D eigenvalue weighted by molar-refractivity contribution is -0.144. The van der Waals surface area contributed by atoms with Crippen molar-refractivity contribution in [2.45, 2.75) is 58.0 Å². The van der Waals surface area contributed by atoms with Crippen LogP contribution in [0.2, 0.25) is 0 Å². The van der Waals surface area contributed by atoms with Crippen LogP contribution >= 0.6 is 0 Å². The fourth-order valence-corrected chi connectivity index (χ4v) is 2.34. The molecule has 1 amide bonds. The highest BCUT2D eigenvalue weighted by Gasteiger charge is 2.43. The zero-order valence-corrected chi connectivity index (χ0v) is 10.5. The number of carbonyl (C=O) groups excluding carboxylic acids is 1. The summed E-state index contributed by atoms with van der Waals surface area (Å²) in [7, 11) is 0. The van der Waals surface area contributed by atoms with Crippen LogP contribution in [0, 0.1) is 5.41 Å². The molecule has 1 rings (SSSR count). The number of carboxylic acid groups (broad SMARTS) is 1. The molecule has 0 aromatic rings. The molecule has 0 radical (unpaired) electrons. The molecular weight excluding hydrogens is 220 g/mol. The average molecular weight is 242 g/mol. The number of aliphatic carboxylic acids is 1. The molecule has 3 unspecified atom stereocenters. The van der Waals surface area contributed by atoms with Crippen LogP contribution in [0.1, 0.15) is 46.0 Å². The monoisotopic (exact) mass is 242 g/mol. The summed E-state index contributed by atoms with van der Waals surface area (Å²) < 4.78 is 0. The quantitative estimate of drug-likeness (QED) is 0.667. The van der Waals surface area contributed by atoms with Gasteiger partial charge in [0, 0.05) is 6.04 Å². The van der Waals surface area contributed by atoms with E-state index < -0.39 is 17.4 Å². The summed E-state index contributed by atoms with van der Waals surface area (Å²) in [5.74, 6) is -1.20. The molecule has 0 bridgehead atoms. The van der Waals surface area contributed by atoms with Crippen LogP contribution in [0.25, 0.3) is 0 Å².